The molecule has 0 aromatic heterocycles. The van der Waals surface area contributed by atoms with E-state index in [4.69, 9.17) is 0 Å². The standard InChI is InChI=1S/C15H22BrN3O/c1-11-9-17-7-8-19(11)10-15(20)18-12(2)13-3-5-14(16)6-4-13/h3-6,11-12,17H,7-10H2,1-2H3,(H,18,20). The lowest BCUT2D eigenvalue weighted by Gasteiger charge is -2.33. The molecular weight excluding hydrogens is 318 g/mol. The molecule has 1 saturated heterocycles. The van der Waals surface area contributed by atoms with Crippen LogP contribution >= 0.6 is 15.9 Å². The van der Waals surface area contributed by atoms with Crippen molar-refractivity contribution in [2.45, 2.75) is 25.9 Å². The molecule has 0 aliphatic carbocycles. The van der Waals surface area contributed by atoms with Crippen LogP contribution in [0.2, 0.25) is 0 Å². The minimum Gasteiger partial charge on any atom is -0.348 e. The van der Waals surface area contributed by atoms with Gasteiger partial charge in [0, 0.05) is 30.1 Å². The average Bonchev–Trinajstić information content (AvgIpc) is 2.42. The van der Waals surface area contributed by atoms with Gasteiger partial charge in [-0.1, -0.05) is 28.1 Å². The van der Waals surface area contributed by atoms with Gasteiger partial charge in [0.1, 0.15) is 0 Å². The van der Waals surface area contributed by atoms with Gasteiger partial charge in [0.05, 0.1) is 12.6 Å². The van der Waals surface area contributed by atoms with Gasteiger partial charge in [-0.3, -0.25) is 9.69 Å². The Morgan fingerprint density at radius 3 is 2.85 bits per heavy atom. The van der Waals surface area contributed by atoms with Crippen molar-refractivity contribution in [1.82, 2.24) is 15.5 Å². The Kier molecular flexibility index (Phi) is 5.57. The van der Waals surface area contributed by atoms with Crippen LogP contribution in [0, 0.1) is 0 Å². The second kappa shape index (κ2) is 7.20. The molecule has 1 heterocycles. The maximum atomic E-state index is 12.1. The van der Waals surface area contributed by atoms with Crippen LogP contribution in [0.4, 0.5) is 0 Å². The summed E-state index contributed by atoms with van der Waals surface area (Å²) in [4.78, 5) is 14.3. The second-order valence-corrected chi connectivity index (χ2v) is 6.28. The van der Waals surface area contributed by atoms with Gasteiger partial charge in [-0.05, 0) is 31.5 Å². The van der Waals surface area contributed by atoms with E-state index in [9.17, 15) is 4.79 Å². The molecule has 2 unspecified atom stereocenters. The molecule has 4 nitrogen and oxygen atoms in total. The SMILES string of the molecule is CC(NC(=O)CN1CCNCC1C)c1ccc(Br)cc1. The number of piperazine rings is 1. The lowest BCUT2D eigenvalue weighted by Crippen LogP contribution is -2.52. The third-order valence-corrected chi connectivity index (χ3v) is 4.26. The van der Waals surface area contributed by atoms with E-state index in [0.717, 1.165) is 29.7 Å². The van der Waals surface area contributed by atoms with Crippen LogP contribution in [0.1, 0.15) is 25.5 Å². The van der Waals surface area contributed by atoms with Crippen LogP contribution in [0.25, 0.3) is 0 Å². The van der Waals surface area contributed by atoms with E-state index in [1.807, 2.05) is 31.2 Å². The topological polar surface area (TPSA) is 44.4 Å². The summed E-state index contributed by atoms with van der Waals surface area (Å²) in [5.74, 6) is 0.0918. The lowest BCUT2D eigenvalue weighted by molar-refractivity contribution is -0.123. The molecule has 0 radical (unpaired) electrons. The van der Waals surface area contributed by atoms with Crippen molar-refractivity contribution in [2.75, 3.05) is 26.2 Å². The van der Waals surface area contributed by atoms with Crippen LogP contribution in [0.3, 0.4) is 0 Å². The first kappa shape index (κ1) is 15.5. The molecule has 110 valence electrons. The van der Waals surface area contributed by atoms with Gasteiger partial charge in [-0.2, -0.15) is 0 Å². The van der Waals surface area contributed by atoms with Crippen molar-refractivity contribution in [3.63, 3.8) is 0 Å². The first-order chi connectivity index (χ1) is 9.56. The summed E-state index contributed by atoms with van der Waals surface area (Å²) in [6.07, 6.45) is 0. The van der Waals surface area contributed by atoms with Crippen LogP contribution in [0.5, 0.6) is 0 Å². The number of hydrogen-bond donors (Lipinski definition) is 2. The van der Waals surface area contributed by atoms with Gasteiger partial charge < -0.3 is 10.6 Å². The van der Waals surface area contributed by atoms with Gasteiger partial charge in [0.25, 0.3) is 0 Å². The first-order valence-electron chi connectivity index (χ1n) is 7.06. The zero-order chi connectivity index (χ0) is 14.5. The number of rotatable bonds is 4. The van der Waals surface area contributed by atoms with Gasteiger partial charge in [0.15, 0.2) is 0 Å². The van der Waals surface area contributed by atoms with Crippen LogP contribution in [-0.4, -0.2) is 43.0 Å². The number of carbonyl (C=O) groups excluding carboxylic acids is 1. The van der Waals surface area contributed by atoms with E-state index in [1.54, 1.807) is 0 Å². The summed E-state index contributed by atoms with van der Waals surface area (Å²) in [6, 6.07) is 8.50. The van der Waals surface area contributed by atoms with E-state index in [2.05, 4.69) is 38.4 Å². The van der Waals surface area contributed by atoms with Gasteiger partial charge in [-0.15, -0.1) is 0 Å². The summed E-state index contributed by atoms with van der Waals surface area (Å²) in [6.45, 7) is 7.49. The Labute approximate surface area is 129 Å². The second-order valence-electron chi connectivity index (χ2n) is 5.36. The van der Waals surface area contributed by atoms with E-state index in [0.29, 0.717) is 12.6 Å². The highest BCUT2D eigenvalue weighted by Crippen LogP contribution is 2.16. The first-order valence-corrected chi connectivity index (χ1v) is 7.85. The predicted octanol–water partition coefficient (Wildman–Crippen LogP) is 1.92. The average molecular weight is 340 g/mol. The third kappa shape index (κ3) is 4.30. The van der Waals surface area contributed by atoms with Crippen LogP contribution in [-0.2, 0) is 4.79 Å². The number of halogens is 1. The number of amides is 1. The summed E-state index contributed by atoms with van der Waals surface area (Å²) >= 11 is 3.42. The molecule has 1 aromatic rings. The molecule has 1 fully saturated rings. The smallest absolute Gasteiger partial charge is 0.234 e. The molecule has 2 rings (SSSR count). The molecular formula is C15H22BrN3O. The molecule has 20 heavy (non-hydrogen) atoms. The molecule has 0 spiro atoms. The minimum atomic E-state index is 0.0359. The Hall–Kier alpha value is -0.910. The Morgan fingerprint density at radius 2 is 2.20 bits per heavy atom. The summed E-state index contributed by atoms with van der Waals surface area (Å²) in [5.41, 5.74) is 1.12. The van der Waals surface area contributed by atoms with Crippen LogP contribution < -0.4 is 10.6 Å². The molecule has 1 aliphatic heterocycles. The molecule has 2 N–H and O–H groups in total. The molecule has 1 aliphatic rings. The molecule has 0 saturated carbocycles. The van der Waals surface area contributed by atoms with Gasteiger partial charge >= 0.3 is 0 Å². The minimum absolute atomic E-state index is 0.0359. The summed E-state index contributed by atoms with van der Waals surface area (Å²) in [5, 5.41) is 6.40. The number of benzene rings is 1. The molecule has 0 bridgehead atoms. The zero-order valence-corrected chi connectivity index (χ0v) is 13.6. The predicted molar refractivity (Wildman–Crippen MR) is 84.6 cm³/mol. The number of carbonyl (C=O) groups is 1. The Morgan fingerprint density at radius 1 is 1.50 bits per heavy atom. The summed E-state index contributed by atoms with van der Waals surface area (Å²) in [7, 11) is 0. The highest BCUT2D eigenvalue weighted by atomic mass is 79.9. The van der Waals surface area contributed by atoms with Gasteiger partial charge in [-0.25, -0.2) is 0 Å². The Bertz CT molecular complexity index is 449. The fourth-order valence-corrected chi connectivity index (χ4v) is 2.69. The van der Waals surface area contributed by atoms with Crippen molar-refractivity contribution in [3.05, 3.63) is 34.3 Å². The van der Waals surface area contributed by atoms with Crippen molar-refractivity contribution in [2.24, 2.45) is 0 Å². The number of nitrogens with zero attached hydrogens (tertiary/aromatic N) is 1. The van der Waals surface area contributed by atoms with E-state index in [-0.39, 0.29) is 11.9 Å². The zero-order valence-electron chi connectivity index (χ0n) is 12.0. The lowest BCUT2D eigenvalue weighted by atomic mass is 10.1. The number of nitrogens with one attached hydrogen (secondary N) is 2. The van der Waals surface area contributed by atoms with Crippen molar-refractivity contribution < 1.29 is 4.79 Å². The molecule has 5 heteroatoms. The normalized spacial score (nSPS) is 21.4. The van der Waals surface area contributed by atoms with Gasteiger partial charge in [0.2, 0.25) is 5.91 Å². The van der Waals surface area contributed by atoms with Crippen molar-refractivity contribution in [1.29, 1.82) is 0 Å². The fourth-order valence-electron chi connectivity index (χ4n) is 2.42. The van der Waals surface area contributed by atoms with E-state index < -0.39 is 0 Å². The number of hydrogen-bond acceptors (Lipinski definition) is 3. The molecule has 1 amide bonds. The van der Waals surface area contributed by atoms with E-state index in [1.165, 1.54) is 0 Å². The largest absolute Gasteiger partial charge is 0.348 e. The highest BCUT2D eigenvalue weighted by Gasteiger charge is 2.20. The molecule has 1 aromatic carbocycles. The summed E-state index contributed by atoms with van der Waals surface area (Å²) < 4.78 is 1.05. The third-order valence-electron chi connectivity index (χ3n) is 3.73. The maximum Gasteiger partial charge on any atom is 0.234 e. The van der Waals surface area contributed by atoms with Crippen molar-refractivity contribution >= 4 is 21.8 Å². The van der Waals surface area contributed by atoms with Crippen molar-refractivity contribution in [3.8, 4) is 0 Å². The quantitative estimate of drug-likeness (QED) is 0.880. The maximum absolute atomic E-state index is 12.1. The Balaban J connectivity index is 1.85. The van der Waals surface area contributed by atoms with E-state index >= 15 is 0 Å². The van der Waals surface area contributed by atoms with Crippen LogP contribution in [0.15, 0.2) is 28.7 Å². The molecule has 2 atom stereocenters. The fraction of sp³-hybridized carbons (Fsp3) is 0.533. The monoisotopic (exact) mass is 339 g/mol. The highest BCUT2D eigenvalue weighted by molar-refractivity contribution is 9.10.